The van der Waals surface area contributed by atoms with Gasteiger partial charge in [0.05, 0.1) is 0 Å². The molecular formula is C12H11NO2. The van der Waals surface area contributed by atoms with Crippen LogP contribution in [0.3, 0.4) is 0 Å². The highest BCUT2D eigenvalue weighted by atomic mass is 16.5. The summed E-state index contributed by atoms with van der Waals surface area (Å²) in [6, 6.07) is 9.33. The van der Waals surface area contributed by atoms with Crippen LogP contribution in [0.15, 0.2) is 36.5 Å². The Kier molecular flexibility index (Phi) is 2.63. The van der Waals surface area contributed by atoms with Gasteiger partial charge in [-0.3, -0.25) is 9.78 Å². The second-order valence-electron chi connectivity index (χ2n) is 3.16. The molecule has 3 nitrogen and oxygen atoms in total. The van der Waals surface area contributed by atoms with Crippen LogP contribution in [0, 0.1) is 0 Å². The first kappa shape index (κ1) is 9.65. The van der Waals surface area contributed by atoms with Crippen LogP contribution >= 0.6 is 0 Å². The van der Waals surface area contributed by atoms with Crippen molar-refractivity contribution >= 4 is 16.9 Å². The Bertz CT molecular complexity index is 488. The maximum absolute atomic E-state index is 11.2. The van der Waals surface area contributed by atoms with E-state index < -0.39 is 0 Å². The number of benzene rings is 1. The van der Waals surface area contributed by atoms with Gasteiger partial charge in [0.25, 0.3) is 0 Å². The maximum Gasteiger partial charge on any atom is 0.310 e. The molecule has 0 spiro atoms. The quantitative estimate of drug-likeness (QED) is 0.553. The van der Waals surface area contributed by atoms with Crippen molar-refractivity contribution < 1.29 is 9.53 Å². The molecular weight excluding hydrogens is 190 g/mol. The minimum atomic E-state index is -0.242. The fourth-order valence-corrected chi connectivity index (χ4v) is 1.35. The number of carbonyl (C=O) groups is 1. The molecule has 0 aliphatic carbocycles. The highest BCUT2D eigenvalue weighted by Crippen LogP contribution is 2.23. The van der Waals surface area contributed by atoms with Gasteiger partial charge in [-0.15, -0.1) is 0 Å². The van der Waals surface area contributed by atoms with Crippen LogP contribution < -0.4 is 4.74 Å². The van der Waals surface area contributed by atoms with Crippen molar-refractivity contribution in [2.24, 2.45) is 0 Å². The molecule has 1 aromatic heterocycles. The van der Waals surface area contributed by atoms with Gasteiger partial charge < -0.3 is 4.74 Å². The van der Waals surface area contributed by atoms with E-state index >= 15 is 0 Å². The summed E-state index contributed by atoms with van der Waals surface area (Å²) in [6.07, 6.45) is 2.05. The molecule has 0 radical (unpaired) electrons. The number of esters is 1. The SMILES string of the molecule is CCC(=O)Oc1cccc2cccnc12. The number of pyridine rings is 1. The van der Waals surface area contributed by atoms with E-state index in [1.54, 1.807) is 19.2 Å². The second kappa shape index (κ2) is 4.09. The molecule has 0 amide bonds. The molecule has 2 aromatic rings. The van der Waals surface area contributed by atoms with Crippen molar-refractivity contribution in [3.63, 3.8) is 0 Å². The van der Waals surface area contributed by atoms with Gasteiger partial charge in [-0.05, 0) is 12.1 Å². The standard InChI is InChI=1S/C12H11NO2/c1-2-11(14)15-10-7-3-5-9-6-4-8-13-12(9)10/h3-8H,2H2,1H3. The third-order valence-electron chi connectivity index (χ3n) is 2.11. The third kappa shape index (κ3) is 1.96. The maximum atomic E-state index is 11.2. The smallest absolute Gasteiger partial charge is 0.310 e. The van der Waals surface area contributed by atoms with E-state index in [2.05, 4.69) is 4.98 Å². The lowest BCUT2D eigenvalue weighted by molar-refractivity contribution is -0.133. The van der Waals surface area contributed by atoms with Crippen LogP contribution in [0.4, 0.5) is 0 Å². The summed E-state index contributed by atoms with van der Waals surface area (Å²) in [5.41, 5.74) is 0.724. The average molecular weight is 201 g/mol. The lowest BCUT2D eigenvalue weighted by Gasteiger charge is -2.05. The minimum absolute atomic E-state index is 0.242. The summed E-state index contributed by atoms with van der Waals surface area (Å²) in [4.78, 5) is 15.4. The number of ether oxygens (including phenoxy) is 1. The molecule has 0 N–H and O–H groups in total. The van der Waals surface area contributed by atoms with Gasteiger partial charge in [0.15, 0.2) is 5.75 Å². The topological polar surface area (TPSA) is 39.2 Å². The van der Waals surface area contributed by atoms with Crippen LogP contribution in [-0.4, -0.2) is 11.0 Å². The molecule has 3 heteroatoms. The van der Waals surface area contributed by atoms with Gasteiger partial charge in [0, 0.05) is 18.0 Å². The molecule has 0 saturated heterocycles. The van der Waals surface area contributed by atoms with Crippen LogP contribution in [0.2, 0.25) is 0 Å². The first-order valence-corrected chi connectivity index (χ1v) is 4.85. The highest BCUT2D eigenvalue weighted by Gasteiger charge is 2.06. The van der Waals surface area contributed by atoms with Gasteiger partial charge in [-0.1, -0.05) is 25.1 Å². The lowest BCUT2D eigenvalue weighted by atomic mass is 10.2. The third-order valence-corrected chi connectivity index (χ3v) is 2.11. The minimum Gasteiger partial charge on any atom is -0.424 e. The van der Waals surface area contributed by atoms with E-state index in [9.17, 15) is 4.79 Å². The molecule has 0 saturated carbocycles. The number of rotatable bonds is 2. The number of carbonyl (C=O) groups excluding carboxylic acids is 1. The van der Waals surface area contributed by atoms with E-state index in [4.69, 9.17) is 4.74 Å². The average Bonchev–Trinajstić information content (AvgIpc) is 2.29. The zero-order valence-electron chi connectivity index (χ0n) is 8.43. The molecule has 0 unspecified atom stereocenters. The van der Waals surface area contributed by atoms with E-state index in [-0.39, 0.29) is 5.97 Å². The van der Waals surface area contributed by atoms with Gasteiger partial charge in [0.1, 0.15) is 5.52 Å². The Balaban J connectivity index is 2.46. The zero-order valence-corrected chi connectivity index (χ0v) is 8.43. The van der Waals surface area contributed by atoms with Crippen molar-refractivity contribution in [1.29, 1.82) is 0 Å². The van der Waals surface area contributed by atoms with Gasteiger partial charge >= 0.3 is 5.97 Å². The molecule has 0 aliphatic rings. The summed E-state index contributed by atoms with van der Waals surface area (Å²) in [5, 5.41) is 0.971. The Morgan fingerprint density at radius 1 is 1.33 bits per heavy atom. The zero-order chi connectivity index (χ0) is 10.7. The number of hydrogen-bond donors (Lipinski definition) is 0. The highest BCUT2D eigenvalue weighted by molar-refractivity contribution is 5.86. The fraction of sp³-hybridized carbons (Fsp3) is 0.167. The number of para-hydroxylation sites is 1. The normalized spacial score (nSPS) is 10.2. The summed E-state index contributed by atoms with van der Waals surface area (Å²) in [5.74, 6) is 0.285. The van der Waals surface area contributed by atoms with Crippen molar-refractivity contribution in [2.45, 2.75) is 13.3 Å². The molecule has 15 heavy (non-hydrogen) atoms. The molecule has 2 rings (SSSR count). The Hall–Kier alpha value is -1.90. The molecule has 0 aliphatic heterocycles. The summed E-state index contributed by atoms with van der Waals surface area (Å²) in [7, 11) is 0. The number of nitrogens with zero attached hydrogens (tertiary/aromatic N) is 1. The fourth-order valence-electron chi connectivity index (χ4n) is 1.35. The summed E-state index contributed by atoms with van der Waals surface area (Å²) >= 11 is 0. The van der Waals surface area contributed by atoms with Gasteiger partial charge in [-0.25, -0.2) is 0 Å². The summed E-state index contributed by atoms with van der Waals surface area (Å²) < 4.78 is 5.18. The number of aromatic nitrogens is 1. The van der Waals surface area contributed by atoms with Crippen LogP contribution in [0.25, 0.3) is 10.9 Å². The lowest BCUT2D eigenvalue weighted by Crippen LogP contribution is -2.05. The predicted molar refractivity (Wildman–Crippen MR) is 57.7 cm³/mol. The number of hydrogen-bond acceptors (Lipinski definition) is 3. The van der Waals surface area contributed by atoms with E-state index in [0.717, 1.165) is 10.9 Å². The Labute approximate surface area is 87.7 Å². The van der Waals surface area contributed by atoms with E-state index in [1.165, 1.54) is 0 Å². The van der Waals surface area contributed by atoms with Crippen LogP contribution in [-0.2, 0) is 4.79 Å². The molecule has 1 heterocycles. The molecule has 0 atom stereocenters. The van der Waals surface area contributed by atoms with E-state index in [1.807, 2.05) is 24.3 Å². The van der Waals surface area contributed by atoms with Crippen molar-refractivity contribution in [1.82, 2.24) is 4.98 Å². The second-order valence-corrected chi connectivity index (χ2v) is 3.16. The van der Waals surface area contributed by atoms with Gasteiger partial charge in [0.2, 0.25) is 0 Å². The Morgan fingerprint density at radius 3 is 2.93 bits per heavy atom. The molecule has 76 valence electrons. The first-order chi connectivity index (χ1) is 7.31. The van der Waals surface area contributed by atoms with Crippen LogP contribution in [0.5, 0.6) is 5.75 Å². The van der Waals surface area contributed by atoms with Crippen molar-refractivity contribution in [2.75, 3.05) is 0 Å². The largest absolute Gasteiger partial charge is 0.424 e. The Morgan fingerprint density at radius 2 is 2.13 bits per heavy atom. The van der Waals surface area contributed by atoms with Gasteiger partial charge in [-0.2, -0.15) is 0 Å². The monoisotopic (exact) mass is 201 g/mol. The molecule has 0 fully saturated rings. The first-order valence-electron chi connectivity index (χ1n) is 4.85. The molecule has 1 aromatic carbocycles. The number of fused-ring (bicyclic) bond motifs is 1. The van der Waals surface area contributed by atoms with E-state index in [0.29, 0.717) is 12.2 Å². The van der Waals surface area contributed by atoms with Crippen LogP contribution in [0.1, 0.15) is 13.3 Å². The summed E-state index contributed by atoms with van der Waals surface area (Å²) in [6.45, 7) is 1.76. The van der Waals surface area contributed by atoms with Crippen molar-refractivity contribution in [3.8, 4) is 5.75 Å². The molecule has 0 bridgehead atoms. The van der Waals surface area contributed by atoms with Crippen molar-refractivity contribution in [3.05, 3.63) is 36.5 Å². The predicted octanol–water partition coefficient (Wildman–Crippen LogP) is 2.55.